The van der Waals surface area contributed by atoms with E-state index >= 15 is 0 Å². The van der Waals surface area contributed by atoms with E-state index in [4.69, 9.17) is 5.11 Å². The van der Waals surface area contributed by atoms with Gasteiger partial charge in [0.15, 0.2) is 0 Å². The fourth-order valence-corrected chi connectivity index (χ4v) is 1.25. The molecule has 0 aliphatic carbocycles. The van der Waals surface area contributed by atoms with Gasteiger partial charge in [-0.1, -0.05) is 0 Å². The summed E-state index contributed by atoms with van der Waals surface area (Å²) in [5.74, 6) is 0. The molecule has 6 heavy (non-hydrogen) atoms. The molecule has 1 atom stereocenters. The average Bonchev–Trinajstić information content (AvgIpc) is 1.35. The molecule has 0 radical (unpaired) electrons. The number of rotatable bonds is 2. The van der Waals surface area contributed by atoms with Gasteiger partial charge in [0.05, 0.1) is 0 Å². The fraction of sp³-hybridized carbons (Fsp3) is 1.00. The second kappa shape index (κ2) is 3.95. The first-order chi connectivity index (χ1) is 2.77. The Kier molecular flexibility index (Phi) is 4.46. The molecule has 0 spiro atoms. The molecule has 0 amide bonds. The van der Waals surface area contributed by atoms with Gasteiger partial charge in [0, 0.05) is 0 Å². The standard InChI is InChI=1S/C4H9O.Sb.2H/c1-2-3-4-5;;;/h4-5H,2-3H2,1H3;;;. The Bertz CT molecular complexity index is 28.7. The minimum absolute atomic E-state index is 0.0281. The zero-order valence-electron chi connectivity index (χ0n) is 4.02. The third-order valence-electron chi connectivity index (χ3n) is 0.584. The van der Waals surface area contributed by atoms with Crippen LogP contribution >= 0.6 is 0 Å². The van der Waals surface area contributed by atoms with Crippen molar-refractivity contribution in [3.8, 4) is 0 Å². The van der Waals surface area contributed by atoms with Gasteiger partial charge in [0.25, 0.3) is 0 Å². The Morgan fingerprint density at radius 3 is 2.33 bits per heavy atom. The van der Waals surface area contributed by atoms with Crippen molar-refractivity contribution in [2.45, 2.75) is 23.8 Å². The first-order valence-corrected chi connectivity index (χ1v) is 4.11. The number of aliphatic hydroxyl groups is 1. The van der Waals surface area contributed by atoms with Crippen molar-refractivity contribution < 1.29 is 5.11 Å². The Hall–Kier alpha value is 0.778. The molecule has 0 rings (SSSR count). The summed E-state index contributed by atoms with van der Waals surface area (Å²) in [6.07, 6.45) is 2.10. The second-order valence-electron chi connectivity index (χ2n) is 1.36. The van der Waals surface area contributed by atoms with Crippen LogP contribution in [0.25, 0.3) is 0 Å². The van der Waals surface area contributed by atoms with E-state index in [0.717, 1.165) is 35.9 Å². The molecule has 1 unspecified atom stereocenters. The van der Waals surface area contributed by atoms with E-state index in [1.165, 1.54) is 0 Å². The summed E-state index contributed by atoms with van der Waals surface area (Å²) < 4.78 is 0.0281. The Labute approximate surface area is 52.2 Å². The van der Waals surface area contributed by atoms with Crippen molar-refractivity contribution in [1.82, 2.24) is 0 Å². The van der Waals surface area contributed by atoms with E-state index in [9.17, 15) is 0 Å². The molecule has 1 N–H and O–H groups in total. The van der Waals surface area contributed by atoms with Gasteiger partial charge in [0.2, 0.25) is 0 Å². The molecule has 0 heterocycles. The molecule has 0 aliphatic heterocycles. The summed E-state index contributed by atoms with van der Waals surface area (Å²) in [7, 11) is 0. The molecule has 2 heteroatoms. The van der Waals surface area contributed by atoms with Gasteiger partial charge < -0.3 is 0 Å². The Morgan fingerprint density at radius 1 is 1.83 bits per heavy atom. The van der Waals surface area contributed by atoms with Crippen LogP contribution in [-0.2, 0) is 0 Å². The SMILES string of the molecule is CCC[CH](O)[SbH2]. The van der Waals surface area contributed by atoms with Crippen LogP contribution in [0.5, 0.6) is 0 Å². The van der Waals surface area contributed by atoms with Crippen molar-refractivity contribution in [3.63, 3.8) is 0 Å². The van der Waals surface area contributed by atoms with Crippen LogP contribution in [0.15, 0.2) is 0 Å². The molecule has 1 nitrogen and oxygen atoms in total. The van der Waals surface area contributed by atoms with Gasteiger partial charge in [0.1, 0.15) is 0 Å². The summed E-state index contributed by atoms with van der Waals surface area (Å²) in [5, 5.41) is 8.61. The third-order valence-corrected chi connectivity index (χ3v) is 1.54. The average molecular weight is 197 g/mol. The van der Waals surface area contributed by atoms with Crippen LogP contribution in [0.2, 0.25) is 0 Å². The minimum atomic E-state index is 0.0281. The van der Waals surface area contributed by atoms with Crippen LogP contribution in [0.1, 0.15) is 19.8 Å². The normalized spacial score (nSPS) is 14.5. The summed E-state index contributed by atoms with van der Waals surface area (Å²) in [6.45, 7) is 2.08. The zero-order valence-corrected chi connectivity index (χ0v) is 7.31. The summed E-state index contributed by atoms with van der Waals surface area (Å²) in [5.41, 5.74) is 0. The van der Waals surface area contributed by atoms with Gasteiger partial charge in [-0.2, -0.15) is 0 Å². The zero-order chi connectivity index (χ0) is 4.99. The van der Waals surface area contributed by atoms with Gasteiger partial charge in [-0.05, 0) is 0 Å². The summed E-state index contributed by atoms with van der Waals surface area (Å²) >= 11 is 0.990. The molecule has 0 saturated heterocycles. The summed E-state index contributed by atoms with van der Waals surface area (Å²) in [4.78, 5) is 0. The second-order valence-corrected chi connectivity index (χ2v) is 3.55. The third kappa shape index (κ3) is 4.78. The Morgan fingerprint density at radius 2 is 2.33 bits per heavy atom. The maximum atomic E-state index is 8.61. The van der Waals surface area contributed by atoms with E-state index in [1.807, 2.05) is 0 Å². The molecule has 0 aromatic rings. The topological polar surface area (TPSA) is 20.2 Å². The van der Waals surface area contributed by atoms with E-state index in [2.05, 4.69) is 6.92 Å². The molecule has 0 fully saturated rings. The molecule has 38 valence electrons. The summed E-state index contributed by atoms with van der Waals surface area (Å²) in [6, 6.07) is 0. The molecule has 0 aromatic carbocycles. The van der Waals surface area contributed by atoms with Crippen molar-refractivity contribution in [1.29, 1.82) is 0 Å². The van der Waals surface area contributed by atoms with E-state index in [0.29, 0.717) is 0 Å². The monoisotopic (exact) mass is 196 g/mol. The van der Waals surface area contributed by atoms with E-state index < -0.39 is 0 Å². The molecule has 0 aromatic heterocycles. The first-order valence-electron chi connectivity index (χ1n) is 2.21. The Balaban J connectivity index is 2.63. The molecular formula is C4H11OSb. The predicted molar refractivity (Wildman–Crippen MR) is 29.5 cm³/mol. The van der Waals surface area contributed by atoms with Crippen LogP contribution < -0.4 is 0 Å². The number of hydrogen-bond donors (Lipinski definition) is 1. The number of hydrogen-bond acceptors (Lipinski definition) is 1. The number of aliphatic hydroxyl groups excluding tert-OH is 1. The van der Waals surface area contributed by atoms with Gasteiger partial charge in [-0.25, -0.2) is 0 Å². The van der Waals surface area contributed by atoms with Crippen molar-refractivity contribution in [3.05, 3.63) is 0 Å². The molecule has 0 saturated carbocycles. The van der Waals surface area contributed by atoms with Crippen molar-refractivity contribution >= 4 is 23.0 Å². The fourth-order valence-electron chi connectivity index (χ4n) is 0.296. The quantitative estimate of drug-likeness (QED) is 0.604. The van der Waals surface area contributed by atoms with Crippen molar-refractivity contribution in [2.24, 2.45) is 0 Å². The van der Waals surface area contributed by atoms with Gasteiger partial charge >= 0.3 is 51.9 Å². The predicted octanol–water partition coefficient (Wildman–Crippen LogP) is -0.262. The van der Waals surface area contributed by atoms with Crippen LogP contribution in [-0.4, -0.2) is 32.2 Å². The van der Waals surface area contributed by atoms with Gasteiger partial charge in [-0.3, -0.25) is 0 Å². The van der Waals surface area contributed by atoms with Crippen molar-refractivity contribution in [2.75, 3.05) is 0 Å². The molecule has 0 aliphatic rings. The van der Waals surface area contributed by atoms with Crippen LogP contribution in [0.4, 0.5) is 0 Å². The van der Waals surface area contributed by atoms with Crippen LogP contribution in [0.3, 0.4) is 0 Å². The first kappa shape index (κ1) is 6.78. The molecular weight excluding hydrogens is 186 g/mol. The molecule has 0 bridgehead atoms. The van der Waals surface area contributed by atoms with E-state index in [1.54, 1.807) is 0 Å². The van der Waals surface area contributed by atoms with Gasteiger partial charge in [-0.15, -0.1) is 0 Å². The maximum absolute atomic E-state index is 8.61. The van der Waals surface area contributed by atoms with E-state index in [-0.39, 0.29) is 4.05 Å². The van der Waals surface area contributed by atoms with Crippen LogP contribution in [0, 0.1) is 0 Å².